The Balaban J connectivity index is 1.40. The number of carbonyl (C=O) groups excluding carboxylic acids is 2. The first kappa shape index (κ1) is 23.3. The summed E-state index contributed by atoms with van der Waals surface area (Å²) >= 11 is 5.83. The largest absolute Gasteiger partial charge is 0.377 e. The Hall–Kier alpha value is -3.86. The molecule has 0 saturated carbocycles. The molecule has 0 spiro atoms. The molecule has 12 heteroatoms. The summed E-state index contributed by atoms with van der Waals surface area (Å²) in [5.74, 6) is -0.343. The molecule has 2 aliphatic heterocycles. The van der Waals surface area contributed by atoms with Crippen molar-refractivity contribution in [2.45, 2.75) is 32.7 Å². The van der Waals surface area contributed by atoms with Crippen molar-refractivity contribution in [3.63, 3.8) is 0 Å². The lowest BCUT2D eigenvalue weighted by atomic mass is 10.0. The third kappa shape index (κ3) is 5.04. The molecule has 2 amide bonds. The number of anilines is 2. The molecule has 176 valence electrons. The predicted octanol–water partition coefficient (Wildman–Crippen LogP) is 3.38. The summed E-state index contributed by atoms with van der Waals surface area (Å²) in [6.07, 6.45) is 4.98. The lowest BCUT2D eigenvalue weighted by Gasteiger charge is -2.19. The molecular weight excluding hydrogens is 465 g/mol. The number of aliphatic imine (C=N–C) groups is 1. The minimum Gasteiger partial charge on any atom is -0.377 e. The second kappa shape index (κ2) is 9.96. The summed E-state index contributed by atoms with van der Waals surface area (Å²) in [4.78, 5) is 42.4. The van der Waals surface area contributed by atoms with Crippen LogP contribution in [0.4, 0.5) is 21.6 Å². The molecule has 3 heterocycles. The third-order valence-corrected chi connectivity index (χ3v) is 5.49. The second-order valence-corrected chi connectivity index (χ2v) is 7.96. The van der Waals surface area contributed by atoms with Crippen molar-refractivity contribution in [1.29, 1.82) is 0 Å². The number of allylic oxidation sites excluding steroid dienone is 1. The van der Waals surface area contributed by atoms with Crippen LogP contribution in [0.1, 0.15) is 36.3 Å². The van der Waals surface area contributed by atoms with Crippen molar-refractivity contribution in [3.8, 4) is 0 Å². The summed E-state index contributed by atoms with van der Waals surface area (Å²) in [7, 11) is 0. The van der Waals surface area contributed by atoms with Crippen molar-refractivity contribution >= 4 is 52.5 Å². The number of aromatic nitrogens is 2. The van der Waals surface area contributed by atoms with Crippen LogP contribution in [0.3, 0.4) is 0 Å². The number of amides is 2. The Morgan fingerprint density at radius 2 is 2.18 bits per heavy atom. The van der Waals surface area contributed by atoms with Crippen LogP contribution in [0.15, 0.2) is 40.4 Å². The maximum absolute atomic E-state index is 13.6. The van der Waals surface area contributed by atoms with E-state index in [2.05, 4.69) is 36.1 Å². The van der Waals surface area contributed by atoms with E-state index in [-0.39, 0.29) is 23.0 Å². The predicted molar refractivity (Wildman–Crippen MR) is 126 cm³/mol. The van der Waals surface area contributed by atoms with Crippen LogP contribution in [0.2, 0.25) is 5.02 Å². The molecule has 0 bridgehead atoms. The van der Waals surface area contributed by atoms with E-state index in [4.69, 9.17) is 16.4 Å². The zero-order chi connectivity index (χ0) is 24.2. The monoisotopic (exact) mass is 485 g/mol. The van der Waals surface area contributed by atoms with Gasteiger partial charge in [-0.05, 0) is 32.4 Å². The number of hydrogen-bond donors (Lipinski definition) is 3. The molecule has 0 aliphatic carbocycles. The van der Waals surface area contributed by atoms with Gasteiger partial charge in [0.2, 0.25) is 5.91 Å². The summed E-state index contributed by atoms with van der Waals surface area (Å²) < 4.78 is 13.6. The molecular formula is C22H21ClFN7O3. The van der Waals surface area contributed by atoms with Crippen molar-refractivity contribution in [3.05, 3.63) is 52.4 Å². The van der Waals surface area contributed by atoms with E-state index >= 15 is 0 Å². The Morgan fingerprint density at radius 1 is 1.35 bits per heavy atom. The minimum atomic E-state index is -0.524. The number of carbonyl (C=O) groups is 2. The Morgan fingerprint density at radius 3 is 2.97 bits per heavy atom. The number of hydrogen-bond acceptors (Lipinski definition) is 8. The van der Waals surface area contributed by atoms with Crippen LogP contribution >= 0.6 is 11.6 Å². The highest BCUT2D eigenvalue weighted by molar-refractivity contribution is 6.34. The summed E-state index contributed by atoms with van der Waals surface area (Å²) in [6.45, 7) is 3.82. The molecule has 4 rings (SSSR count). The van der Waals surface area contributed by atoms with E-state index in [0.29, 0.717) is 47.2 Å². The molecule has 10 nitrogen and oxygen atoms in total. The fraction of sp³-hybridized carbons (Fsp3) is 0.273. The Labute approximate surface area is 199 Å². The van der Waals surface area contributed by atoms with Gasteiger partial charge >= 0.3 is 0 Å². The molecule has 1 unspecified atom stereocenters. The lowest BCUT2D eigenvalue weighted by Crippen LogP contribution is -2.36. The zero-order valence-electron chi connectivity index (χ0n) is 18.4. The van der Waals surface area contributed by atoms with Crippen molar-refractivity contribution < 1.29 is 18.8 Å². The fourth-order valence-electron chi connectivity index (χ4n) is 3.48. The number of nitrogens with one attached hydrogen (secondary N) is 3. The number of oxime groups is 1. The molecule has 1 atom stereocenters. The van der Waals surface area contributed by atoms with Gasteiger partial charge < -0.3 is 20.8 Å². The average molecular weight is 486 g/mol. The average Bonchev–Trinajstić information content (AvgIpc) is 2.82. The standard InChI is InChI=1S/C22H21ClFN7O3/c1-3-18(34-28-9-12-8-25-16-7-15(24)14(23)6-17(16)30-12)11(2)29-22(33)20-13-4-5-19(32)31-21(13)27-10-26-20/h3,6-7,9-11,25H,4-5,8H2,1-2H3,(H,29,33)(H,26,27,31,32)/b18-3-,28-9+. The highest BCUT2D eigenvalue weighted by atomic mass is 35.5. The summed E-state index contributed by atoms with van der Waals surface area (Å²) in [5, 5.41) is 12.4. The SMILES string of the molecule is C/C=C(\O/N=C/C1=Nc2cc(Cl)c(F)cc2NC1)C(C)NC(=O)c1ncnc2c1CCC(=O)N2. The van der Waals surface area contributed by atoms with Crippen LogP contribution < -0.4 is 16.0 Å². The first-order chi connectivity index (χ1) is 16.4. The Kier molecular flexibility index (Phi) is 6.82. The fourth-order valence-corrected chi connectivity index (χ4v) is 3.63. The summed E-state index contributed by atoms with van der Waals surface area (Å²) in [6, 6.07) is 2.20. The molecule has 1 aromatic carbocycles. The van der Waals surface area contributed by atoms with E-state index in [0.717, 1.165) is 0 Å². The van der Waals surface area contributed by atoms with Crippen LogP contribution in [-0.2, 0) is 16.1 Å². The van der Waals surface area contributed by atoms with Gasteiger partial charge in [0.15, 0.2) is 5.76 Å². The van der Waals surface area contributed by atoms with E-state index in [1.807, 2.05) is 0 Å². The molecule has 1 aromatic heterocycles. The van der Waals surface area contributed by atoms with Gasteiger partial charge in [0, 0.05) is 18.1 Å². The normalized spacial score (nSPS) is 16.1. The number of fused-ring (bicyclic) bond motifs is 2. The van der Waals surface area contributed by atoms with E-state index in [1.165, 1.54) is 24.7 Å². The molecule has 0 fully saturated rings. The van der Waals surface area contributed by atoms with Gasteiger partial charge in [0.25, 0.3) is 5.91 Å². The van der Waals surface area contributed by atoms with Gasteiger partial charge in [0.1, 0.15) is 23.7 Å². The van der Waals surface area contributed by atoms with Crippen molar-refractivity contribution in [1.82, 2.24) is 15.3 Å². The number of nitrogens with zero attached hydrogens (tertiary/aromatic N) is 4. The van der Waals surface area contributed by atoms with Gasteiger partial charge in [-0.25, -0.2) is 19.4 Å². The molecule has 34 heavy (non-hydrogen) atoms. The highest BCUT2D eigenvalue weighted by Gasteiger charge is 2.25. The van der Waals surface area contributed by atoms with E-state index in [9.17, 15) is 14.0 Å². The first-order valence-corrected chi connectivity index (χ1v) is 10.8. The lowest BCUT2D eigenvalue weighted by molar-refractivity contribution is -0.116. The Bertz CT molecular complexity index is 1250. The van der Waals surface area contributed by atoms with Crippen molar-refractivity contribution in [2.75, 3.05) is 17.2 Å². The van der Waals surface area contributed by atoms with Gasteiger partial charge in [-0.1, -0.05) is 16.8 Å². The number of rotatable bonds is 6. The molecule has 2 aliphatic rings. The quantitative estimate of drug-likeness (QED) is 0.327. The molecule has 0 radical (unpaired) electrons. The summed E-state index contributed by atoms with van der Waals surface area (Å²) in [5.41, 5.74) is 2.38. The smallest absolute Gasteiger partial charge is 0.270 e. The maximum Gasteiger partial charge on any atom is 0.270 e. The van der Waals surface area contributed by atoms with Gasteiger partial charge in [-0.2, -0.15) is 0 Å². The van der Waals surface area contributed by atoms with Crippen LogP contribution in [0.5, 0.6) is 0 Å². The van der Waals surface area contributed by atoms with Gasteiger partial charge in [-0.15, -0.1) is 0 Å². The number of benzene rings is 1. The molecule has 0 saturated heterocycles. The zero-order valence-corrected chi connectivity index (χ0v) is 19.1. The minimum absolute atomic E-state index is 0.0214. The number of halogens is 2. The third-order valence-electron chi connectivity index (χ3n) is 5.20. The van der Waals surface area contributed by atoms with E-state index in [1.54, 1.807) is 19.9 Å². The first-order valence-electron chi connectivity index (χ1n) is 10.5. The van der Waals surface area contributed by atoms with Crippen molar-refractivity contribution in [2.24, 2.45) is 10.1 Å². The molecule has 3 N–H and O–H groups in total. The van der Waals surface area contributed by atoms with E-state index < -0.39 is 17.8 Å². The maximum atomic E-state index is 13.6. The second-order valence-electron chi connectivity index (χ2n) is 7.55. The topological polar surface area (TPSA) is 130 Å². The van der Waals surface area contributed by atoms with Crippen LogP contribution in [0, 0.1) is 5.82 Å². The van der Waals surface area contributed by atoms with Crippen LogP contribution in [-0.4, -0.2) is 46.3 Å². The van der Waals surface area contributed by atoms with Gasteiger partial charge in [0.05, 0.1) is 40.9 Å². The van der Waals surface area contributed by atoms with Crippen LogP contribution in [0.25, 0.3) is 0 Å². The highest BCUT2D eigenvalue weighted by Crippen LogP contribution is 2.32. The van der Waals surface area contributed by atoms with Gasteiger partial charge in [-0.3, -0.25) is 9.59 Å². The molecule has 2 aromatic rings.